The Labute approximate surface area is 125 Å². The lowest BCUT2D eigenvalue weighted by molar-refractivity contribution is 0.181. The standard InChI is InChI=1S/C16H19N3S/c1-10-2-4-11(5-3-10)13-15-14(18-16(20)17-13)12-6-8-19(15)9-7-12/h2-5,12-13H,6-9H2,1H3,(H2,17,18,20)/t13-/m1/s1. The van der Waals surface area contributed by atoms with Gasteiger partial charge in [-0.2, -0.15) is 0 Å². The SMILES string of the molecule is Cc1ccc([C@H]2NC(=S)NC3=C2N2CCC3CC2)cc1. The normalized spacial score (nSPS) is 25.4. The fourth-order valence-electron chi connectivity index (χ4n) is 3.65. The first kappa shape index (κ1) is 12.2. The molecular formula is C16H19N3S. The third-order valence-corrected chi connectivity index (χ3v) is 4.95. The summed E-state index contributed by atoms with van der Waals surface area (Å²) < 4.78 is 0. The fourth-order valence-corrected chi connectivity index (χ4v) is 3.88. The van der Waals surface area contributed by atoms with Crippen LogP contribution in [0, 0.1) is 12.8 Å². The molecule has 1 aromatic carbocycles. The largest absolute Gasteiger partial charge is 0.371 e. The first-order valence-corrected chi connectivity index (χ1v) is 7.76. The molecule has 5 rings (SSSR count). The van der Waals surface area contributed by atoms with Crippen LogP contribution >= 0.6 is 12.2 Å². The van der Waals surface area contributed by atoms with Gasteiger partial charge in [0, 0.05) is 24.7 Å². The highest BCUT2D eigenvalue weighted by atomic mass is 32.1. The molecule has 1 saturated heterocycles. The lowest BCUT2D eigenvalue weighted by Gasteiger charge is -2.49. The maximum atomic E-state index is 5.42. The number of aryl methyl sites for hydroxylation is 1. The van der Waals surface area contributed by atoms with E-state index in [1.807, 2.05) is 0 Å². The molecule has 4 aliphatic rings. The van der Waals surface area contributed by atoms with Crippen molar-refractivity contribution in [2.24, 2.45) is 5.92 Å². The van der Waals surface area contributed by atoms with Gasteiger partial charge >= 0.3 is 0 Å². The number of hydrogen-bond acceptors (Lipinski definition) is 2. The molecule has 0 saturated carbocycles. The lowest BCUT2D eigenvalue weighted by Crippen LogP contribution is -2.55. The summed E-state index contributed by atoms with van der Waals surface area (Å²) in [6.07, 6.45) is 2.52. The molecule has 2 bridgehead atoms. The van der Waals surface area contributed by atoms with Gasteiger partial charge in [-0.25, -0.2) is 0 Å². The van der Waals surface area contributed by atoms with E-state index in [9.17, 15) is 0 Å². The third-order valence-electron chi connectivity index (χ3n) is 4.73. The Morgan fingerprint density at radius 2 is 1.85 bits per heavy atom. The Bertz CT molecular complexity index is 582. The van der Waals surface area contributed by atoms with Crippen molar-refractivity contribution < 1.29 is 0 Å². The van der Waals surface area contributed by atoms with E-state index in [1.165, 1.54) is 48.5 Å². The van der Waals surface area contributed by atoms with Gasteiger partial charge in [0.15, 0.2) is 5.11 Å². The van der Waals surface area contributed by atoms with Crippen molar-refractivity contribution >= 4 is 17.3 Å². The van der Waals surface area contributed by atoms with Gasteiger partial charge in [0.1, 0.15) is 0 Å². The van der Waals surface area contributed by atoms with Gasteiger partial charge in [0.25, 0.3) is 0 Å². The number of nitrogens with zero attached hydrogens (tertiary/aromatic N) is 1. The molecule has 104 valence electrons. The highest BCUT2D eigenvalue weighted by Gasteiger charge is 2.40. The zero-order valence-electron chi connectivity index (χ0n) is 11.6. The first-order valence-electron chi connectivity index (χ1n) is 7.35. The van der Waals surface area contributed by atoms with Crippen LogP contribution in [0.25, 0.3) is 0 Å². The minimum atomic E-state index is 0.211. The van der Waals surface area contributed by atoms with E-state index in [-0.39, 0.29) is 6.04 Å². The van der Waals surface area contributed by atoms with Crippen LogP contribution in [-0.2, 0) is 0 Å². The summed E-state index contributed by atoms with van der Waals surface area (Å²) in [4.78, 5) is 2.53. The number of fused-ring (bicyclic) bond motifs is 2. The summed E-state index contributed by atoms with van der Waals surface area (Å²) in [5, 5.41) is 7.64. The van der Waals surface area contributed by atoms with Crippen molar-refractivity contribution in [3.63, 3.8) is 0 Å². The molecule has 0 unspecified atom stereocenters. The molecule has 2 N–H and O–H groups in total. The highest BCUT2D eigenvalue weighted by molar-refractivity contribution is 7.80. The van der Waals surface area contributed by atoms with Crippen molar-refractivity contribution in [1.82, 2.24) is 15.5 Å². The Morgan fingerprint density at radius 1 is 1.15 bits per heavy atom. The Hall–Kier alpha value is -1.55. The van der Waals surface area contributed by atoms with E-state index in [0.717, 1.165) is 5.11 Å². The van der Waals surface area contributed by atoms with Crippen LogP contribution in [0.5, 0.6) is 0 Å². The molecule has 1 fully saturated rings. The van der Waals surface area contributed by atoms with Crippen LogP contribution in [0.15, 0.2) is 35.7 Å². The molecule has 20 heavy (non-hydrogen) atoms. The van der Waals surface area contributed by atoms with Crippen molar-refractivity contribution in [1.29, 1.82) is 0 Å². The van der Waals surface area contributed by atoms with Gasteiger partial charge in [-0.3, -0.25) is 0 Å². The molecule has 1 aromatic rings. The highest BCUT2D eigenvalue weighted by Crippen LogP contribution is 2.41. The predicted molar refractivity (Wildman–Crippen MR) is 84.1 cm³/mol. The number of piperidine rings is 1. The van der Waals surface area contributed by atoms with Gasteiger partial charge in [-0.15, -0.1) is 0 Å². The average molecular weight is 285 g/mol. The number of rotatable bonds is 1. The van der Waals surface area contributed by atoms with Crippen molar-refractivity contribution in [3.05, 3.63) is 46.8 Å². The monoisotopic (exact) mass is 285 g/mol. The third kappa shape index (κ3) is 1.82. The van der Waals surface area contributed by atoms with Gasteiger partial charge in [-0.05, 0) is 37.5 Å². The van der Waals surface area contributed by atoms with Crippen molar-refractivity contribution in [2.75, 3.05) is 13.1 Å². The van der Waals surface area contributed by atoms with Crippen LogP contribution in [0.1, 0.15) is 30.0 Å². The van der Waals surface area contributed by atoms with E-state index in [2.05, 4.69) is 46.7 Å². The Kier molecular flexibility index (Phi) is 2.74. The summed E-state index contributed by atoms with van der Waals surface area (Å²) in [5.74, 6) is 0.669. The molecule has 0 radical (unpaired) electrons. The van der Waals surface area contributed by atoms with Gasteiger partial charge < -0.3 is 15.5 Å². The molecule has 0 spiro atoms. The number of nitrogens with one attached hydrogen (secondary N) is 2. The summed E-state index contributed by atoms with van der Waals surface area (Å²) >= 11 is 5.42. The smallest absolute Gasteiger partial charge is 0.171 e. The molecule has 4 heteroatoms. The van der Waals surface area contributed by atoms with Gasteiger partial charge in [0.2, 0.25) is 0 Å². The number of thiocarbonyl (C=S) groups is 1. The molecular weight excluding hydrogens is 266 g/mol. The second-order valence-electron chi connectivity index (χ2n) is 6.00. The maximum absolute atomic E-state index is 5.42. The Morgan fingerprint density at radius 3 is 2.55 bits per heavy atom. The zero-order valence-corrected chi connectivity index (χ0v) is 12.5. The molecule has 1 atom stereocenters. The van der Waals surface area contributed by atoms with Crippen LogP contribution < -0.4 is 10.6 Å². The Balaban J connectivity index is 1.80. The minimum Gasteiger partial charge on any atom is -0.371 e. The molecule has 0 amide bonds. The number of benzene rings is 1. The average Bonchev–Trinajstić information content (AvgIpc) is 2.48. The van der Waals surface area contributed by atoms with Gasteiger partial charge in [0.05, 0.1) is 11.7 Å². The summed E-state index contributed by atoms with van der Waals surface area (Å²) in [6.45, 7) is 4.49. The van der Waals surface area contributed by atoms with E-state index in [4.69, 9.17) is 12.2 Å². The van der Waals surface area contributed by atoms with Crippen molar-refractivity contribution in [2.45, 2.75) is 25.8 Å². The number of allylic oxidation sites excluding steroid dienone is 1. The van der Waals surface area contributed by atoms with E-state index in [0.29, 0.717) is 5.92 Å². The second-order valence-corrected chi connectivity index (χ2v) is 6.41. The second kappa shape index (κ2) is 4.48. The summed E-state index contributed by atoms with van der Waals surface area (Å²) in [6, 6.07) is 9.00. The van der Waals surface area contributed by atoms with E-state index >= 15 is 0 Å². The van der Waals surface area contributed by atoms with Crippen LogP contribution in [0.2, 0.25) is 0 Å². The van der Waals surface area contributed by atoms with Crippen LogP contribution in [0.4, 0.5) is 0 Å². The molecule has 4 heterocycles. The van der Waals surface area contributed by atoms with E-state index < -0.39 is 0 Å². The number of hydrogen-bond donors (Lipinski definition) is 2. The van der Waals surface area contributed by atoms with Gasteiger partial charge in [-0.1, -0.05) is 29.8 Å². The fraction of sp³-hybridized carbons (Fsp3) is 0.438. The lowest BCUT2D eigenvalue weighted by atomic mass is 9.82. The maximum Gasteiger partial charge on any atom is 0.171 e. The van der Waals surface area contributed by atoms with Crippen molar-refractivity contribution in [3.8, 4) is 0 Å². The minimum absolute atomic E-state index is 0.211. The molecule has 0 aliphatic carbocycles. The first-order chi connectivity index (χ1) is 9.72. The van der Waals surface area contributed by atoms with Crippen LogP contribution in [-0.4, -0.2) is 23.1 Å². The zero-order chi connectivity index (χ0) is 13.7. The molecule has 3 nitrogen and oxygen atoms in total. The summed E-state index contributed by atoms with van der Waals surface area (Å²) in [7, 11) is 0. The molecule has 0 aromatic heterocycles. The topological polar surface area (TPSA) is 27.3 Å². The summed E-state index contributed by atoms with van der Waals surface area (Å²) in [5.41, 5.74) is 5.39. The quantitative estimate of drug-likeness (QED) is 0.775. The predicted octanol–water partition coefficient (Wildman–Crippen LogP) is 2.45. The van der Waals surface area contributed by atoms with E-state index in [1.54, 1.807) is 0 Å². The molecule has 4 aliphatic heterocycles. The van der Waals surface area contributed by atoms with Crippen LogP contribution in [0.3, 0.4) is 0 Å².